The highest BCUT2D eigenvalue weighted by molar-refractivity contribution is 7.11. The Labute approximate surface area is 141 Å². The largest absolute Gasteiger partial charge is 0.376 e. The standard InChI is InChI=1S/C17H25N3O2S/c1-10-13(18-11(2)23-10)9-14(21)19-15-12-5-8-22-17(12)16(15)20-6-3-4-7-20/h12,15-17H,3-9H2,1-2H3,(H,19,21)/t12-,15+,16-,17-/m1/s1. The van der Waals surface area contributed by atoms with Gasteiger partial charge in [0.05, 0.1) is 35.3 Å². The minimum absolute atomic E-state index is 0.109. The summed E-state index contributed by atoms with van der Waals surface area (Å²) in [7, 11) is 0. The van der Waals surface area contributed by atoms with Crippen molar-refractivity contribution in [2.24, 2.45) is 5.92 Å². The second-order valence-electron chi connectivity index (χ2n) is 7.03. The molecule has 4 rings (SSSR count). The average Bonchev–Trinajstić information content (AvgIpc) is 3.20. The first-order chi connectivity index (χ1) is 11.1. The van der Waals surface area contributed by atoms with Crippen LogP contribution >= 0.6 is 11.3 Å². The van der Waals surface area contributed by atoms with Gasteiger partial charge in [0, 0.05) is 17.4 Å². The molecule has 0 bridgehead atoms. The molecular formula is C17H25N3O2S. The first kappa shape index (κ1) is 15.5. The lowest BCUT2D eigenvalue weighted by Gasteiger charge is -2.51. The van der Waals surface area contributed by atoms with Crippen molar-refractivity contribution < 1.29 is 9.53 Å². The van der Waals surface area contributed by atoms with Gasteiger partial charge in [-0.1, -0.05) is 0 Å². The minimum Gasteiger partial charge on any atom is -0.376 e. The van der Waals surface area contributed by atoms with Gasteiger partial charge in [0.25, 0.3) is 0 Å². The van der Waals surface area contributed by atoms with Crippen molar-refractivity contribution >= 4 is 17.2 Å². The fraction of sp³-hybridized carbons (Fsp3) is 0.765. The molecule has 0 unspecified atom stereocenters. The summed E-state index contributed by atoms with van der Waals surface area (Å²) in [5, 5.41) is 4.34. The number of ether oxygens (including phenoxy) is 1. The number of aromatic nitrogens is 1. The molecule has 126 valence electrons. The van der Waals surface area contributed by atoms with E-state index in [0.717, 1.165) is 41.7 Å². The zero-order valence-corrected chi connectivity index (χ0v) is 14.7. The lowest BCUT2D eigenvalue weighted by atomic mass is 9.70. The van der Waals surface area contributed by atoms with Crippen LogP contribution in [0.15, 0.2) is 0 Å². The Kier molecular flexibility index (Phi) is 4.15. The molecule has 1 aliphatic carbocycles. The van der Waals surface area contributed by atoms with E-state index in [-0.39, 0.29) is 11.9 Å². The third-order valence-corrected chi connectivity index (χ3v) is 6.50. The van der Waals surface area contributed by atoms with Crippen molar-refractivity contribution in [3.8, 4) is 0 Å². The maximum absolute atomic E-state index is 12.5. The summed E-state index contributed by atoms with van der Waals surface area (Å²) in [5.41, 5.74) is 0.932. The van der Waals surface area contributed by atoms with Crippen LogP contribution in [0.4, 0.5) is 0 Å². The van der Waals surface area contributed by atoms with E-state index < -0.39 is 0 Å². The van der Waals surface area contributed by atoms with Crippen molar-refractivity contribution in [2.75, 3.05) is 19.7 Å². The number of rotatable bonds is 4. The van der Waals surface area contributed by atoms with Gasteiger partial charge < -0.3 is 10.1 Å². The van der Waals surface area contributed by atoms with E-state index in [2.05, 4.69) is 15.2 Å². The maximum atomic E-state index is 12.5. The Morgan fingerprint density at radius 2 is 2.17 bits per heavy atom. The number of nitrogens with one attached hydrogen (secondary N) is 1. The zero-order chi connectivity index (χ0) is 16.0. The van der Waals surface area contributed by atoms with Crippen LogP contribution in [-0.2, 0) is 16.0 Å². The quantitative estimate of drug-likeness (QED) is 0.909. The van der Waals surface area contributed by atoms with Gasteiger partial charge in [-0.2, -0.15) is 0 Å². The molecule has 23 heavy (non-hydrogen) atoms. The number of carbonyl (C=O) groups excluding carboxylic acids is 1. The van der Waals surface area contributed by atoms with Gasteiger partial charge in [0.2, 0.25) is 5.91 Å². The Bertz CT molecular complexity index is 592. The van der Waals surface area contributed by atoms with Crippen molar-refractivity contribution in [3.63, 3.8) is 0 Å². The molecule has 1 aromatic heterocycles. The predicted molar refractivity (Wildman–Crippen MR) is 89.7 cm³/mol. The number of aryl methyl sites for hydroxylation is 2. The number of hydrogen-bond donors (Lipinski definition) is 1. The number of likely N-dealkylation sites (tertiary alicyclic amines) is 1. The van der Waals surface area contributed by atoms with Gasteiger partial charge in [-0.25, -0.2) is 4.98 Å². The number of hydrogen-bond acceptors (Lipinski definition) is 5. The molecule has 3 heterocycles. The third-order valence-electron chi connectivity index (χ3n) is 5.57. The van der Waals surface area contributed by atoms with Gasteiger partial charge >= 0.3 is 0 Å². The van der Waals surface area contributed by atoms with Crippen molar-refractivity contribution in [1.82, 2.24) is 15.2 Å². The molecule has 1 saturated carbocycles. The Morgan fingerprint density at radius 3 is 2.87 bits per heavy atom. The summed E-state index contributed by atoms with van der Waals surface area (Å²) >= 11 is 1.67. The van der Waals surface area contributed by atoms with E-state index in [1.54, 1.807) is 11.3 Å². The normalized spacial score (nSPS) is 33.5. The van der Waals surface area contributed by atoms with E-state index in [1.165, 1.54) is 12.8 Å². The van der Waals surface area contributed by atoms with Crippen LogP contribution in [0.1, 0.15) is 34.8 Å². The molecule has 0 spiro atoms. The highest BCUT2D eigenvalue weighted by atomic mass is 32.1. The Morgan fingerprint density at radius 1 is 1.39 bits per heavy atom. The van der Waals surface area contributed by atoms with Gasteiger partial charge in [0.15, 0.2) is 0 Å². The lowest BCUT2D eigenvalue weighted by molar-refractivity contribution is -0.128. The summed E-state index contributed by atoms with van der Waals surface area (Å²) in [6.07, 6.45) is 4.35. The molecule has 3 fully saturated rings. The third kappa shape index (κ3) is 2.81. The molecule has 1 amide bonds. The fourth-order valence-electron chi connectivity index (χ4n) is 4.47. The van der Waals surface area contributed by atoms with Crippen molar-refractivity contribution in [3.05, 3.63) is 15.6 Å². The molecule has 1 N–H and O–H groups in total. The van der Waals surface area contributed by atoms with Crippen molar-refractivity contribution in [1.29, 1.82) is 0 Å². The highest BCUT2D eigenvalue weighted by Crippen LogP contribution is 2.42. The highest BCUT2D eigenvalue weighted by Gasteiger charge is 2.56. The summed E-state index contributed by atoms with van der Waals surface area (Å²) in [6.45, 7) is 7.18. The Balaban J connectivity index is 1.42. The van der Waals surface area contributed by atoms with E-state index in [1.807, 2.05) is 13.8 Å². The predicted octanol–water partition coefficient (Wildman–Crippen LogP) is 1.67. The second-order valence-corrected chi connectivity index (χ2v) is 8.43. The van der Waals surface area contributed by atoms with Gasteiger partial charge in [-0.3, -0.25) is 9.69 Å². The Hall–Kier alpha value is -0.980. The van der Waals surface area contributed by atoms with Crippen LogP contribution in [-0.4, -0.2) is 53.7 Å². The lowest BCUT2D eigenvalue weighted by Crippen LogP contribution is -2.70. The van der Waals surface area contributed by atoms with Crippen LogP contribution in [0, 0.1) is 19.8 Å². The van der Waals surface area contributed by atoms with Gasteiger partial charge in [-0.15, -0.1) is 11.3 Å². The molecule has 6 heteroatoms. The molecular weight excluding hydrogens is 310 g/mol. The second kappa shape index (κ2) is 6.15. The van der Waals surface area contributed by atoms with Crippen LogP contribution < -0.4 is 5.32 Å². The summed E-state index contributed by atoms with van der Waals surface area (Å²) < 4.78 is 5.93. The number of amides is 1. The number of nitrogens with zero attached hydrogens (tertiary/aromatic N) is 2. The van der Waals surface area contributed by atoms with Gasteiger partial charge in [0.1, 0.15) is 0 Å². The molecule has 4 atom stereocenters. The number of thiazole rings is 1. The number of fused-ring (bicyclic) bond motifs is 1. The van der Waals surface area contributed by atoms with Crippen LogP contribution in [0.2, 0.25) is 0 Å². The molecule has 0 aromatic carbocycles. The van der Waals surface area contributed by atoms with Crippen LogP contribution in [0.25, 0.3) is 0 Å². The van der Waals surface area contributed by atoms with Crippen LogP contribution in [0.3, 0.4) is 0 Å². The molecule has 3 aliphatic rings. The topological polar surface area (TPSA) is 54.5 Å². The van der Waals surface area contributed by atoms with E-state index in [4.69, 9.17) is 4.74 Å². The number of carbonyl (C=O) groups is 1. The fourth-order valence-corrected chi connectivity index (χ4v) is 5.30. The van der Waals surface area contributed by atoms with E-state index in [0.29, 0.717) is 24.5 Å². The smallest absolute Gasteiger partial charge is 0.226 e. The van der Waals surface area contributed by atoms with E-state index >= 15 is 0 Å². The summed E-state index contributed by atoms with van der Waals surface area (Å²) in [5.74, 6) is 0.612. The summed E-state index contributed by atoms with van der Waals surface area (Å²) in [6, 6.07) is 0.639. The molecule has 1 aromatic rings. The van der Waals surface area contributed by atoms with Gasteiger partial charge in [-0.05, 0) is 46.2 Å². The van der Waals surface area contributed by atoms with Crippen molar-refractivity contribution in [2.45, 2.75) is 57.7 Å². The molecule has 5 nitrogen and oxygen atoms in total. The average molecular weight is 335 g/mol. The first-order valence-electron chi connectivity index (χ1n) is 8.71. The summed E-state index contributed by atoms with van der Waals surface area (Å²) in [4.78, 5) is 20.7. The monoisotopic (exact) mass is 335 g/mol. The SMILES string of the molecule is Cc1nc(CC(=O)N[C@H]2[C@H]3CCO[C@H]3[C@@H]2N2CCCC2)c(C)s1. The maximum Gasteiger partial charge on any atom is 0.226 e. The molecule has 2 aliphatic heterocycles. The molecule has 2 saturated heterocycles. The first-order valence-corrected chi connectivity index (χ1v) is 9.53. The van der Waals surface area contributed by atoms with Crippen LogP contribution in [0.5, 0.6) is 0 Å². The minimum atomic E-state index is 0.109. The molecule has 0 radical (unpaired) electrons. The zero-order valence-electron chi connectivity index (χ0n) is 13.9. The van der Waals surface area contributed by atoms with E-state index in [9.17, 15) is 4.79 Å².